The molecule has 0 aliphatic carbocycles. The minimum Gasteiger partial charge on any atom is -0.379 e. The fourth-order valence-corrected chi connectivity index (χ4v) is 3.81. The summed E-state index contributed by atoms with van der Waals surface area (Å²) in [5.41, 5.74) is -0.715. The van der Waals surface area contributed by atoms with E-state index in [1.54, 1.807) is 22.6 Å². The van der Waals surface area contributed by atoms with Gasteiger partial charge in [0.25, 0.3) is 0 Å². The van der Waals surface area contributed by atoms with Crippen LogP contribution in [0.2, 0.25) is 0 Å². The van der Waals surface area contributed by atoms with Gasteiger partial charge in [-0.05, 0) is 59.0 Å². The molecule has 0 atom stereocenters. The number of hydrogen-bond acceptors (Lipinski definition) is 5. The lowest BCUT2D eigenvalue weighted by Gasteiger charge is -2.36. The Morgan fingerprint density at radius 2 is 1.50 bits per heavy atom. The monoisotopic (exact) mass is 621 g/mol. The summed E-state index contributed by atoms with van der Waals surface area (Å²) in [5.74, 6) is 1.21. The number of aromatic amines is 2. The summed E-state index contributed by atoms with van der Waals surface area (Å²) < 4.78 is 48.3. The molecule has 4 heterocycles. The highest BCUT2D eigenvalue weighted by atomic mass is 127. The second kappa shape index (κ2) is 7.73. The molecular weight excluding hydrogens is 605 g/mol. The van der Waals surface area contributed by atoms with E-state index in [1.807, 2.05) is 13.0 Å². The van der Waals surface area contributed by atoms with Gasteiger partial charge in [0.2, 0.25) is 0 Å². The Balaban J connectivity index is 0.000000162. The number of ether oxygens (including phenoxy) is 2. The number of imidazole rings is 2. The summed E-state index contributed by atoms with van der Waals surface area (Å²) in [6.45, 7) is 6.09. The van der Waals surface area contributed by atoms with Crippen LogP contribution in [0.3, 0.4) is 0 Å². The lowest BCUT2D eigenvalue weighted by atomic mass is 9.88. The largest absolute Gasteiger partial charge is 0.433 e. The number of rotatable bonds is 2. The Labute approximate surface area is 186 Å². The first-order valence-corrected chi connectivity index (χ1v) is 10.3. The first-order chi connectivity index (χ1) is 13.0. The molecule has 2 aromatic rings. The Kier molecular flexibility index (Phi) is 6.01. The molecule has 2 saturated heterocycles. The molecule has 152 valence electrons. The molecule has 2 fully saturated rings. The normalized spacial score (nSPS) is 19.6. The average Bonchev–Trinajstić information content (AvgIpc) is 3.14. The number of H-pyrrole nitrogens is 2. The van der Waals surface area contributed by atoms with E-state index < -0.39 is 17.3 Å². The van der Waals surface area contributed by atoms with Gasteiger partial charge in [-0.3, -0.25) is 0 Å². The van der Waals surface area contributed by atoms with Crippen LogP contribution in [0.1, 0.15) is 36.9 Å². The molecule has 0 amide bonds. The van der Waals surface area contributed by atoms with Gasteiger partial charge in [0.15, 0.2) is 11.4 Å². The van der Waals surface area contributed by atoms with Crippen LogP contribution in [0.5, 0.6) is 0 Å². The molecule has 0 saturated carbocycles. The van der Waals surface area contributed by atoms with Gasteiger partial charge in [0.05, 0.1) is 37.3 Å². The maximum atomic E-state index is 12.5. The molecule has 2 N–H and O–H groups in total. The van der Waals surface area contributed by atoms with Crippen LogP contribution < -0.4 is 0 Å². The van der Waals surface area contributed by atoms with Gasteiger partial charge in [0.1, 0.15) is 25.1 Å². The number of nitrogens with zero attached hydrogens (tertiary/aromatic N) is 3. The second-order valence-corrected chi connectivity index (χ2v) is 9.32. The first kappa shape index (κ1) is 21.8. The Hall–Kier alpha value is -0.920. The zero-order valence-electron chi connectivity index (χ0n) is 14.9. The number of alkyl halides is 3. The summed E-state index contributed by atoms with van der Waals surface area (Å²) in [6.07, 6.45) is -4.37. The van der Waals surface area contributed by atoms with Gasteiger partial charge >= 0.3 is 6.18 Å². The van der Waals surface area contributed by atoms with Crippen LogP contribution in [0, 0.1) is 18.7 Å². The fourth-order valence-electron chi connectivity index (χ4n) is 2.63. The fraction of sp³-hybridized carbons (Fsp3) is 0.562. The standard InChI is InChI=1S/C8H8F3IN2O.C8H8IN3O/c1-7(2-15-3-7)6-13-4(5(12)14-6)8(9,10)11;1-8(3-13-4-8)7-11-5(2-10)6(9)12-7/h2-3H2,1H3,(H,13,14);3-4H2,1H3,(H,11,12). The van der Waals surface area contributed by atoms with Crippen LogP contribution in [0.4, 0.5) is 13.2 Å². The zero-order valence-corrected chi connectivity index (χ0v) is 19.2. The maximum absolute atomic E-state index is 12.5. The van der Waals surface area contributed by atoms with Crippen LogP contribution >= 0.6 is 45.2 Å². The minimum atomic E-state index is -4.37. The number of hydrogen-bond donors (Lipinski definition) is 2. The number of nitriles is 1. The molecule has 7 nitrogen and oxygen atoms in total. The minimum absolute atomic E-state index is 0.0188. The summed E-state index contributed by atoms with van der Waals surface area (Å²) in [4.78, 5) is 13.6. The Morgan fingerprint density at radius 3 is 1.82 bits per heavy atom. The van der Waals surface area contributed by atoms with Crippen molar-refractivity contribution in [2.24, 2.45) is 0 Å². The molecule has 0 bridgehead atoms. The third-order valence-corrected chi connectivity index (χ3v) is 6.10. The molecule has 28 heavy (non-hydrogen) atoms. The van der Waals surface area contributed by atoms with E-state index in [1.165, 1.54) is 0 Å². The van der Waals surface area contributed by atoms with Gasteiger partial charge in [-0.25, -0.2) is 9.97 Å². The SMILES string of the molecule is CC1(c2nc(C#N)c(I)[nH]2)COC1.CC1(c2nc(I)c(C(F)(F)F)[nH]2)COC1. The molecule has 0 spiro atoms. The number of nitrogens with one attached hydrogen (secondary N) is 2. The first-order valence-electron chi connectivity index (χ1n) is 8.13. The van der Waals surface area contributed by atoms with Crippen LogP contribution in [0.15, 0.2) is 0 Å². The smallest absolute Gasteiger partial charge is 0.379 e. The number of aromatic nitrogens is 4. The summed E-state index contributed by atoms with van der Waals surface area (Å²) >= 11 is 3.66. The van der Waals surface area contributed by atoms with Crippen molar-refractivity contribution in [3.05, 3.63) is 30.4 Å². The van der Waals surface area contributed by atoms with Crippen molar-refractivity contribution < 1.29 is 22.6 Å². The van der Waals surface area contributed by atoms with E-state index >= 15 is 0 Å². The van der Waals surface area contributed by atoms with Gasteiger partial charge in [-0.2, -0.15) is 18.4 Å². The van der Waals surface area contributed by atoms with E-state index in [4.69, 9.17) is 14.7 Å². The van der Waals surface area contributed by atoms with E-state index in [9.17, 15) is 13.2 Å². The van der Waals surface area contributed by atoms with Crippen molar-refractivity contribution in [2.45, 2.75) is 30.9 Å². The lowest BCUT2D eigenvalue weighted by Crippen LogP contribution is -2.44. The Bertz CT molecular complexity index is 911. The molecular formula is C16H16F3I2N5O2. The molecule has 0 unspecified atom stereocenters. The number of halogens is 5. The maximum Gasteiger partial charge on any atom is 0.433 e. The highest BCUT2D eigenvalue weighted by Gasteiger charge is 2.43. The van der Waals surface area contributed by atoms with Gasteiger partial charge < -0.3 is 19.4 Å². The molecule has 2 aliphatic rings. The van der Waals surface area contributed by atoms with Crippen molar-refractivity contribution in [1.82, 2.24) is 19.9 Å². The van der Waals surface area contributed by atoms with E-state index in [0.29, 0.717) is 37.9 Å². The molecule has 12 heteroatoms. The molecule has 2 aromatic heterocycles. The van der Waals surface area contributed by atoms with Crippen molar-refractivity contribution in [3.63, 3.8) is 0 Å². The summed E-state index contributed by atoms with van der Waals surface area (Å²) in [5, 5.41) is 8.72. The molecule has 2 aliphatic heterocycles. The predicted molar refractivity (Wildman–Crippen MR) is 109 cm³/mol. The topological polar surface area (TPSA) is 99.6 Å². The van der Waals surface area contributed by atoms with Crippen molar-refractivity contribution in [3.8, 4) is 6.07 Å². The third kappa shape index (κ3) is 4.17. The van der Waals surface area contributed by atoms with Crippen molar-refractivity contribution in [1.29, 1.82) is 5.26 Å². The van der Waals surface area contributed by atoms with Gasteiger partial charge in [0, 0.05) is 0 Å². The van der Waals surface area contributed by atoms with E-state index in [0.717, 1.165) is 9.53 Å². The van der Waals surface area contributed by atoms with E-state index in [2.05, 4.69) is 49.5 Å². The lowest BCUT2D eigenvalue weighted by molar-refractivity contribution is -0.141. The summed E-state index contributed by atoms with van der Waals surface area (Å²) in [7, 11) is 0. The molecule has 0 radical (unpaired) electrons. The van der Waals surface area contributed by atoms with Crippen LogP contribution in [-0.2, 0) is 26.5 Å². The third-order valence-electron chi connectivity index (χ3n) is 4.53. The predicted octanol–water partition coefficient (Wildman–Crippen LogP) is 3.49. The average molecular weight is 621 g/mol. The quantitative estimate of drug-likeness (QED) is 0.501. The van der Waals surface area contributed by atoms with Crippen molar-refractivity contribution >= 4 is 45.2 Å². The van der Waals surface area contributed by atoms with Crippen LogP contribution in [-0.4, -0.2) is 46.4 Å². The van der Waals surface area contributed by atoms with E-state index in [-0.39, 0.29) is 9.12 Å². The zero-order chi connectivity index (χ0) is 20.7. The highest BCUT2D eigenvalue weighted by molar-refractivity contribution is 14.1. The van der Waals surface area contributed by atoms with Crippen molar-refractivity contribution in [2.75, 3.05) is 26.4 Å². The molecule has 4 rings (SSSR count). The van der Waals surface area contributed by atoms with Gasteiger partial charge in [-0.15, -0.1) is 0 Å². The summed E-state index contributed by atoms with van der Waals surface area (Å²) in [6, 6.07) is 2.05. The van der Waals surface area contributed by atoms with Gasteiger partial charge in [-0.1, -0.05) is 0 Å². The van der Waals surface area contributed by atoms with Crippen LogP contribution in [0.25, 0.3) is 0 Å². The second-order valence-electron chi connectivity index (χ2n) is 7.22. The highest BCUT2D eigenvalue weighted by Crippen LogP contribution is 2.36. The Morgan fingerprint density at radius 1 is 1.00 bits per heavy atom. The molecule has 0 aromatic carbocycles.